The third kappa shape index (κ3) is 5.95. The van der Waals surface area contributed by atoms with E-state index in [0.717, 1.165) is 22.4 Å². The van der Waals surface area contributed by atoms with Crippen molar-refractivity contribution in [1.29, 1.82) is 0 Å². The lowest BCUT2D eigenvalue weighted by Gasteiger charge is -2.37. The molecule has 1 aliphatic heterocycles. The van der Waals surface area contributed by atoms with Gasteiger partial charge in [-0.2, -0.15) is 0 Å². The Morgan fingerprint density at radius 3 is 2.29 bits per heavy atom. The van der Waals surface area contributed by atoms with Gasteiger partial charge in [0.15, 0.2) is 6.61 Å². The Balaban J connectivity index is 1.39. The number of carbonyl (C=O) groups excluding carboxylic acids is 2. The molecule has 0 atom stereocenters. The predicted molar refractivity (Wildman–Crippen MR) is 141 cm³/mol. The first-order chi connectivity index (χ1) is 16.8. The Morgan fingerprint density at radius 1 is 0.914 bits per heavy atom. The predicted octanol–water partition coefficient (Wildman–Crippen LogP) is 5.25. The zero-order chi connectivity index (χ0) is 24.9. The SMILES string of the molecule is Cc1ccc(C(=O)N2CCN(c3c(Cl)cccc3NC(=O)COc3ccc(C)cc3C)CC2)cc1. The molecule has 0 aliphatic carbocycles. The third-order valence-electron chi connectivity index (χ3n) is 6.13. The van der Waals surface area contributed by atoms with Crippen molar-refractivity contribution in [3.63, 3.8) is 0 Å². The summed E-state index contributed by atoms with van der Waals surface area (Å²) in [6.07, 6.45) is 0. The summed E-state index contributed by atoms with van der Waals surface area (Å²) in [4.78, 5) is 29.5. The molecule has 0 bridgehead atoms. The largest absolute Gasteiger partial charge is 0.483 e. The van der Waals surface area contributed by atoms with Crippen LogP contribution in [0.2, 0.25) is 5.02 Å². The monoisotopic (exact) mass is 491 g/mol. The first-order valence-corrected chi connectivity index (χ1v) is 12.1. The van der Waals surface area contributed by atoms with Crippen molar-refractivity contribution in [3.8, 4) is 5.75 Å². The Bertz CT molecular complexity index is 1220. The Kier molecular flexibility index (Phi) is 7.61. The number of carbonyl (C=O) groups is 2. The van der Waals surface area contributed by atoms with Gasteiger partial charge in [0, 0.05) is 31.7 Å². The topological polar surface area (TPSA) is 61.9 Å². The fourth-order valence-electron chi connectivity index (χ4n) is 4.24. The van der Waals surface area contributed by atoms with Crippen molar-refractivity contribution in [2.75, 3.05) is 43.0 Å². The summed E-state index contributed by atoms with van der Waals surface area (Å²) in [6.45, 7) is 8.24. The number of halogens is 1. The van der Waals surface area contributed by atoms with Gasteiger partial charge in [-0.1, -0.05) is 53.1 Å². The molecule has 0 aromatic heterocycles. The van der Waals surface area contributed by atoms with Gasteiger partial charge in [0.05, 0.1) is 16.4 Å². The molecule has 1 aliphatic rings. The molecule has 182 valence electrons. The molecule has 1 N–H and O–H groups in total. The minimum atomic E-state index is -0.262. The van der Waals surface area contributed by atoms with Crippen LogP contribution in [0, 0.1) is 20.8 Å². The minimum Gasteiger partial charge on any atom is -0.483 e. The summed E-state index contributed by atoms with van der Waals surface area (Å²) in [6, 6.07) is 18.9. The molecule has 1 fully saturated rings. The van der Waals surface area contributed by atoms with E-state index in [4.69, 9.17) is 16.3 Å². The van der Waals surface area contributed by atoms with Crippen LogP contribution >= 0.6 is 11.6 Å². The fraction of sp³-hybridized carbons (Fsp3) is 0.286. The highest BCUT2D eigenvalue weighted by atomic mass is 35.5. The summed E-state index contributed by atoms with van der Waals surface area (Å²) in [5, 5.41) is 3.50. The van der Waals surface area contributed by atoms with Crippen molar-refractivity contribution in [2.45, 2.75) is 20.8 Å². The lowest BCUT2D eigenvalue weighted by Crippen LogP contribution is -2.49. The van der Waals surface area contributed by atoms with E-state index in [-0.39, 0.29) is 18.4 Å². The summed E-state index contributed by atoms with van der Waals surface area (Å²) < 4.78 is 5.73. The minimum absolute atomic E-state index is 0.0286. The molecule has 1 heterocycles. The number of benzene rings is 3. The maximum Gasteiger partial charge on any atom is 0.262 e. The Morgan fingerprint density at radius 2 is 1.60 bits per heavy atom. The van der Waals surface area contributed by atoms with Crippen LogP contribution in [0.5, 0.6) is 5.75 Å². The van der Waals surface area contributed by atoms with Gasteiger partial charge in [-0.25, -0.2) is 0 Å². The van der Waals surface area contributed by atoms with E-state index in [1.807, 2.05) is 86.3 Å². The van der Waals surface area contributed by atoms with Crippen molar-refractivity contribution >= 4 is 34.8 Å². The smallest absolute Gasteiger partial charge is 0.262 e. The molecule has 7 heteroatoms. The standard InChI is InChI=1S/C28H30ClN3O3/c1-19-7-10-22(11-8-19)28(34)32-15-13-31(14-16-32)27-23(29)5-4-6-24(27)30-26(33)18-35-25-12-9-20(2)17-21(25)3/h4-12,17H,13-16,18H2,1-3H3,(H,30,33). The average Bonchev–Trinajstić information content (AvgIpc) is 2.84. The van der Waals surface area contributed by atoms with E-state index >= 15 is 0 Å². The van der Waals surface area contributed by atoms with Crippen LogP contribution in [-0.2, 0) is 4.79 Å². The maximum absolute atomic E-state index is 12.9. The fourth-order valence-corrected chi connectivity index (χ4v) is 4.53. The summed E-state index contributed by atoms with van der Waals surface area (Å²) >= 11 is 6.56. The Labute approximate surface area is 211 Å². The first-order valence-electron chi connectivity index (χ1n) is 11.7. The van der Waals surface area contributed by atoms with Gasteiger partial charge in [-0.15, -0.1) is 0 Å². The molecule has 0 unspecified atom stereocenters. The molecule has 1 saturated heterocycles. The molecule has 6 nitrogen and oxygen atoms in total. The maximum atomic E-state index is 12.9. The second-order valence-electron chi connectivity index (χ2n) is 8.89. The quantitative estimate of drug-likeness (QED) is 0.512. The highest BCUT2D eigenvalue weighted by molar-refractivity contribution is 6.34. The van der Waals surface area contributed by atoms with E-state index in [1.54, 1.807) is 0 Å². The molecule has 0 spiro atoms. The van der Waals surface area contributed by atoms with Gasteiger partial charge in [0.25, 0.3) is 11.8 Å². The van der Waals surface area contributed by atoms with E-state index in [1.165, 1.54) is 0 Å². The molecular formula is C28H30ClN3O3. The zero-order valence-electron chi connectivity index (χ0n) is 20.3. The summed E-state index contributed by atoms with van der Waals surface area (Å²) in [7, 11) is 0. The second-order valence-corrected chi connectivity index (χ2v) is 9.29. The van der Waals surface area contributed by atoms with Crippen molar-refractivity contribution < 1.29 is 14.3 Å². The summed E-state index contributed by atoms with van der Waals surface area (Å²) in [5.74, 6) is 0.453. The highest BCUT2D eigenvalue weighted by Crippen LogP contribution is 2.34. The number of aryl methyl sites for hydroxylation is 3. The molecule has 0 radical (unpaired) electrons. The van der Waals surface area contributed by atoms with Crippen molar-refractivity contribution in [3.05, 3.63) is 87.9 Å². The molecule has 0 saturated carbocycles. The van der Waals surface area contributed by atoms with E-state index < -0.39 is 0 Å². The van der Waals surface area contributed by atoms with Crippen LogP contribution in [0.3, 0.4) is 0 Å². The van der Waals surface area contributed by atoms with Gasteiger partial charge in [-0.05, 0) is 56.7 Å². The summed E-state index contributed by atoms with van der Waals surface area (Å²) in [5.41, 5.74) is 5.34. The number of amides is 2. The molecule has 3 aromatic carbocycles. The van der Waals surface area contributed by atoms with Gasteiger partial charge in [-0.3, -0.25) is 9.59 Å². The number of nitrogens with one attached hydrogen (secondary N) is 1. The lowest BCUT2D eigenvalue weighted by atomic mass is 10.1. The molecule has 3 aromatic rings. The molecule has 35 heavy (non-hydrogen) atoms. The normalized spacial score (nSPS) is 13.5. The number of rotatable bonds is 6. The third-order valence-corrected chi connectivity index (χ3v) is 6.44. The number of hydrogen-bond donors (Lipinski definition) is 1. The van der Waals surface area contributed by atoms with E-state index in [0.29, 0.717) is 48.2 Å². The highest BCUT2D eigenvalue weighted by Gasteiger charge is 2.25. The van der Waals surface area contributed by atoms with Crippen molar-refractivity contribution in [2.24, 2.45) is 0 Å². The van der Waals surface area contributed by atoms with Crippen LogP contribution in [-0.4, -0.2) is 49.5 Å². The molecule has 4 rings (SSSR count). The Hall–Kier alpha value is -3.51. The van der Waals surface area contributed by atoms with Crippen LogP contribution in [0.15, 0.2) is 60.7 Å². The second kappa shape index (κ2) is 10.8. The van der Waals surface area contributed by atoms with Crippen LogP contribution in [0.4, 0.5) is 11.4 Å². The van der Waals surface area contributed by atoms with Gasteiger partial charge in [0.1, 0.15) is 5.75 Å². The number of piperazine rings is 1. The zero-order valence-corrected chi connectivity index (χ0v) is 21.1. The van der Waals surface area contributed by atoms with Crippen molar-refractivity contribution in [1.82, 2.24) is 4.90 Å². The van der Waals surface area contributed by atoms with Gasteiger partial charge in [0.2, 0.25) is 0 Å². The lowest BCUT2D eigenvalue weighted by molar-refractivity contribution is -0.118. The number of ether oxygens (including phenoxy) is 1. The van der Waals surface area contributed by atoms with E-state index in [9.17, 15) is 9.59 Å². The number of para-hydroxylation sites is 1. The van der Waals surface area contributed by atoms with E-state index in [2.05, 4.69) is 10.2 Å². The first kappa shape index (κ1) is 24.6. The van der Waals surface area contributed by atoms with Crippen LogP contribution in [0.25, 0.3) is 0 Å². The van der Waals surface area contributed by atoms with Crippen LogP contribution in [0.1, 0.15) is 27.0 Å². The molecule has 2 amide bonds. The molecular weight excluding hydrogens is 462 g/mol. The van der Waals surface area contributed by atoms with Crippen LogP contribution < -0.4 is 15.0 Å². The average molecular weight is 492 g/mol. The number of nitrogens with zero attached hydrogens (tertiary/aromatic N) is 2. The number of anilines is 2. The van der Waals surface area contributed by atoms with Gasteiger partial charge >= 0.3 is 0 Å². The van der Waals surface area contributed by atoms with Gasteiger partial charge < -0.3 is 19.9 Å². The number of hydrogen-bond acceptors (Lipinski definition) is 4.